The molecule has 1 fully saturated rings. The van der Waals surface area contributed by atoms with Gasteiger partial charge in [-0.2, -0.15) is 0 Å². The van der Waals surface area contributed by atoms with Gasteiger partial charge in [0.15, 0.2) is 0 Å². The molecule has 1 aliphatic heterocycles. The Morgan fingerprint density at radius 1 is 1.58 bits per heavy atom. The van der Waals surface area contributed by atoms with Gasteiger partial charge >= 0.3 is 5.97 Å². The van der Waals surface area contributed by atoms with E-state index in [2.05, 4.69) is 16.8 Å². The first-order chi connectivity index (χ1) is 9.15. The number of hydrogen-bond acceptors (Lipinski definition) is 3. The highest BCUT2D eigenvalue weighted by Gasteiger charge is 2.33. The average Bonchev–Trinajstić information content (AvgIpc) is 2.42. The van der Waals surface area contributed by atoms with E-state index in [0.29, 0.717) is 0 Å². The molecule has 0 amide bonds. The number of rotatable bonds is 4. The second-order valence-electron chi connectivity index (χ2n) is 5.24. The zero-order valence-electron chi connectivity index (χ0n) is 11.7. The molecule has 1 saturated heterocycles. The van der Waals surface area contributed by atoms with Crippen LogP contribution in [0.3, 0.4) is 0 Å². The number of aliphatic carboxylic acids is 1. The second kappa shape index (κ2) is 6.15. The molecule has 0 bridgehead atoms. The monoisotopic (exact) mass is 262 g/mol. The van der Waals surface area contributed by atoms with Crippen LogP contribution in [-0.2, 0) is 4.79 Å². The maximum Gasteiger partial charge on any atom is 0.320 e. The van der Waals surface area contributed by atoms with Crippen molar-refractivity contribution in [2.45, 2.75) is 51.6 Å². The van der Waals surface area contributed by atoms with Gasteiger partial charge in [-0.25, -0.2) is 0 Å². The number of pyridine rings is 1. The minimum absolute atomic E-state index is 0.185. The molecular formula is C15H22N2O2. The van der Waals surface area contributed by atoms with Crippen molar-refractivity contribution < 1.29 is 9.90 Å². The van der Waals surface area contributed by atoms with Crippen LogP contribution in [0.2, 0.25) is 0 Å². The molecule has 2 heterocycles. The number of carboxylic acids is 1. The molecule has 1 aliphatic rings. The Labute approximate surface area is 114 Å². The SMILES string of the molecule is CCC(c1ccncc1C)N1CCCCC1C(=O)O. The minimum atomic E-state index is -0.690. The molecule has 0 aromatic carbocycles. The summed E-state index contributed by atoms with van der Waals surface area (Å²) in [5, 5.41) is 9.42. The Kier molecular flexibility index (Phi) is 4.53. The van der Waals surface area contributed by atoms with Gasteiger partial charge in [0.25, 0.3) is 0 Å². The number of aromatic nitrogens is 1. The van der Waals surface area contributed by atoms with Crippen LogP contribution in [0, 0.1) is 6.92 Å². The molecule has 2 rings (SSSR count). The van der Waals surface area contributed by atoms with Gasteiger partial charge in [0.05, 0.1) is 0 Å². The summed E-state index contributed by atoms with van der Waals surface area (Å²) in [6.07, 6.45) is 7.44. The van der Waals surface area contributed by atoms with E-state index in [1.807, 2.05) is 19.2 Å². The summed E-state index contributed by atoms with van der Waals surface area (Å²) in [6.45, 7) is 5.04. The number of carbonyl (C=O) groups is 1. The zero-order valence-corrected chi connectivity index (χ0v) is 11.7. The van der Waals surface area contributed by atoms with Crippen LogP contribution in [0.25, 0.3) is 0 Å². The van der Waals surface area contributed by atoms with Crippen LogP contribution in [-0.4, -0.2) is 33.5 Å². The fourth-order valence-corrected chi connectivity index (χ4v) is 3.08. The van der Waals surface area contributed by atoms with E-state index in [1.165, 1.54) is 5.56 Å². The zero-order chi connectivity index (χ0) is 13.8. The first-order valence-electron chi connectivity index (χ1n) is 7.04. The summed E-state index contributed by atoms with van der Waals surface area (Å²) in [7, 11) is 0. The van der Waals surface area contributed by atoms with Crippen molar-refractivity contribution in [1.29, 1.82) is 0 Å². The van der Waals surface area contributed by atoms with E-state index in [0.717, 1.165) is 37.8 Å². The fraction of sp³-hybridized carbons (Fsp3) is 0.600. The molecule has 0 saturated carbocycles. The Morgan fingerprint density at radius 2 is 2.37 bits per heavy atom. The van der Waals surface area contributed by atoms with Crippen LogP contribution in [0.1, 0.15) is 49.8 Å². The van der Waals surface area contributed by atoms with Crippen molar-refractivity contribution in [3.8, 4) is 0 Å². The van der Waals surface area contributed by atoms with E-state index >= 15 is 0 Å². The number of likely N-dealkylation sites (tertiary alicyclic amines) is 1. The maximum absolute atomic E-state index is 11.4. The molecule has 2 atom stereocenters. The van der Waals surface area contributed by atoms with Crippen LogP contribution in [0.5, 0.6) is 0 Å². The molecular weight excluding hydrogens is 240 g/mol. The molecule has 104 valence electrons. The summed E-state index contributed by atoms with van der Waals surface area (Å²) in [4.78, 5) is 17.7. The van der Waals surface area contributed by atoms with E-state index < -0.39 is 5.97 Å². The lowest BCUT2D eigenvalue weighted by Crippen LogP contribution is -2.46. The van der Waals surface area contributed by atoms with Crippen LogP contribution >= 0.6 is 0 Å². The summed E-state index contributed by atoms with van der Waals surface area (Å²) in [5.41, 5.74) is 2.36. The molecule has 1 aromatic rings. The minimum Gasteiger partial charge on any atom is -0.480 e. The number of piperidine rings is 1. The lowest BCUT2D eigenvalue weighted by Gasteiger charge is -2.39. The van der Waals surface area contributed by atoms with Gasteiger partial charge in [-0.05, 0) is 49.9 Å². The number of nitrogens with zero attached hydrogens (tertiary/aromatic N) is 2. The summed E-state index contributed by atoms with van der Waals surface area (Å²) < 4.78 is 0. The molecule has 1 aromatic heterocycles. The first-order valence-corrected chi connectivity index (χ1v) is 7.04. The second-order valence-corrected chi connectivity index (χ2v) is 5.24. The van der Waals surface area contributed by atoms with E-state index in [1.54, 1.807) is 6.20 Å². The normalized spacial score (nSPS) is 22.1. The summed E-state index contributed by atoms with van der Waals surface area (Å²) in [5.74, 6) is -0.690. The van der Waals surface area contributed by atoms with Gasteiger partial charge in [0.2, 0.25) is 0 Å². The third-order valence-corrected chi connectivity index (χ3v) is 4.04. The van der Waals surface area contributed by atoms with Crippen molar-refractivity contribution in [2.24, 2.45) is 0 Å². The number of aryl methyl sites for hydroxylation is 1. The third kappa shape index (κ3) is 2.95. The number of hydrogen-bond donors (Lipinski definition) is 1. The Hall–Kier alpha value is -1.42. The van der Waals surface area contributed by atoms with E-state index in [9.17, 15) is 9.90 Å². The fourth-order valence-electron chi connectivity index (χ4n) is 3.08. The van der Waals surface area contributed by atoms with Crippen LogP contribution in [0.4, 0.5) is 0 Å². The van der Waals surface area contributed by atoms with E-state index in [-0.39, 0.29) is 12.1 Å². The third-order valence-electron chi connectivity index (χ3n) is 4.04. The molecule has 4 nitrogen and oxygen atoms in total. The highest BCUT2D eigenvalue weighted by molar-refractivity contribution is 5.73. The quantitative estimate of drug-likeness (QED) is 0.906. The summed E-state index contributed by atoms with van der Waals surface area (Å²) >= 11 is 0. The molecule has 1 N–H and O–H groups in total. The molecule has 19 heavy (non-hydrogen) atoms. The van der Waals surface area contributed by atoms with E-state index in [4.69, 9.17) is 0 Å². The predicted octanol–water partition coefficient (Wildman–Crippen LogP) is 2.78. The van der Waals surface area contributed by atoms with Crippen LogP contribution < -0.4 is 0 Å². The molecule has 2 unspecified atom stereocenters. The van der Waals surface area contributed by atoms with Gasteiger partial charge in [0, 0.05) is 18.4 Å². The van der Waals surface area contributed by atoms with Crippen molar-refractivity contribution in [1.82, 2.24) is 9.88 Å². The highest BCUT2D eigenvalue weighted by Crippen LogP contribution is 2.32. The predicted molar refractivity (Wildman–Crippen MR) is 74.0 cm³/mol. The van der Waals surface area contributed by atoms with Crippen molar-refractivity contribution in [3.63, 3.8) is 0 Å². The molecule has 4 heteroatoms. The van der Waals surface area contributed by atoms with Crippen LogP contribution in [0.15, 0.2) is 18.5 Å². The lowest BCUT2D eigenvalue weighted by molar-refractivity contribution is -0.146. The standard InChI is InChI=1S/C15H22N2O2/c1-3-13(12-7-8-16-10-11(12)2)17-9-5-4-6-14(17)15(18)19/h7-8,10,13-14H,3-6,9H2,1-2H3,(H,18,19). The molecule has 0 aliphatic carbocycles. The van der Waals surface area contributed by atoms with Crippen molar-refractivity contribution >= 4 is 5.97 Å². The topological polar surface area (TPSA) is 53.4 Å². The highest BCUT2D eigenvalue weighted by atomic mass is 16.4. The van der Waals surface area contributed by atoms with Gasteiger partial charge in [-0.3, -0.25) is 14.7 Å². The lowest BCUT2D eigenvalue weighted by atomic mass is 9.93. The van der Waals surface area contributed by atoms with Gasteiger partial charge in [-0.1, -0.05) is 13.3 Å². The Balaban J connectivity index is 2.30. The Morgan fingerprint density at radius 3 is 3.00 bits per heavy atom. The smallest absolute Gasteiger partial charge is 0.320 e. The van der Waals surface area contributed by atoms with Gasteiger partial charge < -0.3 is 5.11 Å². The van der Waals surface area contributed by atoms with Gasteiger partial charge in [-0.15, -0.1) is 0 Å². The molecule has 0 radical (unpaired) electrons. The molecule has 0 spiro atoms. The van der Waals surface area contributed by atoms with Gasteiger partial charge in [0.1, 0.15) is 6.04 Å². The van der Waals surface area contributed by atoms with Crippen molar-refractivity contribution in [2.75, 3.05) is 6.54 Å². The first kappa shape index (κ1) is 14.0. The summed E-state index contributed by atoms with van der Waals surface area (Å²) in [6, 6.07) is 1.87. The van der Waals surface area contributed by atoms with Crippen molar-refractivity contribution in [3.05, 3.63) is 29.6 Å². The maximum atomic E-state index is 11.4. The Bertz CT molecular complexity index is 448. The average molecular weight is 262 g/mol. The largest absolute Gasteiger partial charge is 0.480 e. The number of carboxylic acid groups (broad SMARTS) is 1.